The van der Waals surface area contributed by atoms with Gasteiger partial charge in [0, 0.05) is 16.3 Å². The molecule has 6 nitrogen and oxygen atoms in total. The lowest BCUT2D eigenvalue weighted by molar-refractivity contribution is -0.120. The molecule has 0 aliphatic heterocycles. The van der Waals surface area contributed by atoms with Crippen LogP contribution in [0.2, 0.25) is 5.02 Å². The second-order valence-corrected chi connectivity index (χ2v) is 7.58. The Labute approximate surface area is 192 Å². The normalized spacial score (nSPS) is 10.8. The number of para-hydroxylation sites is 1. The van der Waals surface area contributed by atoms with Gasteiger partial charge in [-0.3, -0.25) is 4.79 Å². The summed E-state index contributed by atoms with van der Waals surface area (Å²) in [5, 5.41) is 7.41. The van der Waals surface area contributed by atoms with Gasteiger partial charge in [-0.2, -0.15) is 0 Å². The third kappa shape index (κ3) is 6.49. The summed E-state index contributed by atoms with van der Waals surface area (Å²) in [7, 11) is 1.57. The molecule has 3 aromatic rings. The Balaban J connectivity index is 1.53. The number of nitrogens with zero attached hydrogens (tertiary/aromatic N) is 1. The van der Waals surface area contributed by atoms with Gasteiger partial charge in [-0.05, 0) is 60.9 Å². The molecule has 3 rings (SSSR count). The zero-order valence-corrected chi connectivity index (χ0v) is 19.0. The Morgan fingerprint density at radius 2 is 1.75 bits per heavy atom. The molecule has 1 amide bonds. The standard InChI is InChI=1S/C25H25ClN2O4/c1-17-5-4-6-18(2)25(17)28-24(29)16-32-27-14-20-9-12-22(23(13-20)30-3)31-15-19-7-10-21(26)11-8-19/h4-14H,15-16H2,1-3H3,(H,28,29)/b27-14+. The number of aryl methyl sites for hydroxylation is 2. The monoisotopic (exact) mass is 452 g/mol. The minimum atomic E-state index is -0.275. The molecule has 0 unspecified atom stereocenters. The van der Waals surface area contributed by atoms with Crippen LogP contribution in [0, 0.1) is 13.8 Å². The highest BCUT2D eigenvalue weighted by molar-refractivity contribution is 6.30. The lowest BCUT2D eigenvalue weighted by atomic mass is 10.1. The molecule has 0 bridgehead atoms. The van der Waals surface area contributed by atoms with E-state index in [-0.39, 0.29) is 12.5 Å². The molecule has 0 radical (unpaired) electrons. The van der Waals surface area contributed by atoms with E-state index in [1.807, 2.05) is 62.4 Å². The fourth-order valence-corrected chi connectivity index (χ4v) is 3.13. The van der Waals surface area contributed by atoms with Crippen LogP contribution in [-0.4, -0.2) is 25.8 Å². The highest BCUT2D eigenvalue weighted by Gasteiger charge is 2.08. The number of methoxy groups -OCH3 is 1. The summed E-state index contributed by atoms with van der Waals surface area (Å²) in [5.74, 6) is 0.896. The zero-order chi connectivity index (χ0) is 22.9. The second kappa shape index (κ2) is 11.2. The molecule has 0 saturated carbocycles. The van der Waals surface area contributed by atoms with E-state index in [1.165, 1.54) is 6.21 Å². The van der Waals surface area contributed by atoms with Gasteiger partial charge in [-0.15, -0.1) is 0 Å². The molecule has 7 heteroatoms. The molecule has 0 fully saturated rings. The second-order valence-electron chi connectivity index (χ2n) is 7.15. The lowest BCUT2D eigenvalue weighted by Gasteiger charge is -2.11. The lowest BCUT2D eigenvalue weighted by Crippen LogP contribution is -2.18. The first-order chi connectivity index (χ1) is 15.5. The van der Waals surface area contributed by atoms with E-state index in [4.69, 9.17) is 25.9 Å². The Morgan fingerprint density at radius 1 is 1.03 bits per heavy atom. The van der Waals surface area contributed by atoms with E-state index in [0.717, 1.165) is 27.9 Å². The maximum Gasteiger partial charge on any atom is 0.265 e. The number of rotatable bonds is 9. The first kappa shape index (κ1) is 23.2. The molecule has 0 spiro atoms. The van der Waals surface area contributed by atoms with Gasteiger partial charge in [0.1, 0.15) is 6.61 Å². The molecule has 0 saturated heterocycles. The molecule has 0 aliphatic carbocycles. The van der Waals surface area contributed by atoms with Crippen LogP contribution in [0.15, 0.2) is 65.8 Å². The summed E-state index contributed by atoms with van der Waals surface area (Å²) in [4.78, 5) is 17.3. The van der Waals surface area contributed by atoms with Gasteiger partial charge < -0.3 is 19.6 Å². The van der Waals surface area contributed by atoms with E-state index in [9.17, 15) is 4.79 Å². The smallest absolute Gasteiger partial charge is 0.265 e. The topological polar surface area (TPSA) is 69.2 Å². The number of ether oxygens (including phenoxy) is 2. The summed E-state index contributed by atoms with van der Waals surface area (Å²) >= 11 is 5.91. The predicted molar refractivity (Wildman–Crippen MR) is 127 cm³/mol. The van der Waals surface area contributed by atoms with Crippen molar-refractivity contribution in [1.29, 1.82) is 0 Å². The SMILES string of the molecule is COc1cc(/C=N/OCC(=O)Nc2c(C)cccc2C)ccc1OCc1ccc(Cl)cc1. The molecule has 166 valence electrons. The minimum absolute atomic E-state index is 0.191. The number of oxime groups is 1. The Bertz CT molecular complexity index is 1080. The largest absolute Gasteiger partial charge is 0.493 e. The molecule has 0 heterocycles. The molecule has 3 aromatic carbocycles. The van der Waals surface area contributed by atoms with Crippen molar-refractivity contribution in [3.8, 4) is 11.5 Å². The van der Waals surface area contributed by atoms with Crippen LogP contribution >= 0.6 is 11.6 Å². The third-order valence-corrected chi connectivity index (χ3v) is 4.96. The van der Waals surface area contributed by atoms with Gasteiger partial charge in [-0.1, -0.05) is 47.1 Å². The Hall–Kier alpha value is -3.51. The molecule has 0 aromatic heterocycles. The molecular formula is C25H25ClN2O4. The number of hydrogen-bond donors (Lipinski definition) is 1. The number of carbonyl (C=O) groups excluding carboxylic acids is 1. The summed E-state index contributed by atoms with van der Waals surface area (Å²) < 4.78 is 11.3. The van der Waals surface area contributed by atoms with Crippen molar-refractivity contribution in [2.75, 3.05) is 19.0 Å². The first-order valence-corrected chi connectivity index (χ1v) is 10.4. The average Bonchev–Trinajstić information content (AvgIpc) is 2.79. The Kier molecular flexibility index (Phi) is 8.11. The summed E-state index contributed by atoms with van der Waals surface area (Å²) in [5.41, 5.74) is 4.52. The van der Waals surface area contributed by atoms with Crippen molar-refractivity contribution in [1.82, 2.24) is 0 Å². The van der Waals surface area contributed by atoms with Crippen molar-refractivity contribution in [3.05, 3.63) is 87.9 Å². The number of halogens is 1. The van der Waals surface area contributed by atoms with E-state index in [2.05, 4.69) is 10.5 Å². The van der Waals surface area contributed by atoms with Gasteiger partial charge in [0.25, 0.3) is 5.91 Å². The van der Waals surface area contributed by atoms with E-state index < -0.39 is 0 Å². The molecule has 0 atom stereocenters. The highest BCUT2D eigenvalue weighted by atomic mass is 35.5. The predicted octanol–water partition coefficient (Wildman–Crippen LogP) is 5.53. The van der Waals surface area contributed by atoms with Crippen LogP contribution in [0.5, 0.6) is 11.5 Å². The fraction of sp³-hybridized carbons (Fsp3) is 0.200. The van der Waals surface area contributed by atoms with Crippen molar-refractivity contribution < 1.29 is 19.1 Å². The third-order valence-electron chi connectivity index (χ3n) is 4.71. The zero-order valence-electron chi connectivity index (χ0n) is 18.2. The van der Waals surface area contributed by atoms with Crippen LogP contribution in [0.1, 0.15) is 22.3 Å². The number of carbonyl (C=O) groups is 1. The molecule has 32 heavy (non-hydrogen) atoms. The highest BCUT2D eigenvalue weighted by Crippen LogP contribution is 2.28. The van der Waals surface area contributed by atoms with Crippen LogP contribution in [0.4, 0.5) is 5.69 Å². The van der Waals surface area contributed by atoms with Gasteiger partial charge in [0.2, 0.25) is 0 Å². The Morgan fingerprint density at radius 3 is 2.44 bits per heavy atom. The minimum Gasteiger partial charge on any atom is -0.493 e. The van der Waals surface area contributed by atoms with Gasteiger partial charge in [0.15, 0.2) is 18.1 Å². The van der Waals surface area contributed by atoms with Crippen molar-refractivity contribution in [3.63, 3.8) is 0 Å². The van der Waals surface area contributed by atoms with Gasteiger partial charge in [-0.25, -0.2) is 0 Å². The molecule has 0 aliphatic rings. The quantitative estimate of drug-likeness (QED) is 0.342. The van der Waals surface area contributed by atoms with E-state index in [1.54, 1.807) is 19.2 Å². The number of benzene rings is 3. The van der Waals surface area contributed by atoms with Crippen LogP contribution in [-0.2, 0) is 16.2 Å². The van der Waals surface area contributed by atoms with Gasteiger partial charge >= 0.3 is 0 Å². The molecule has 1 N–H and O–H groups in total. The van der Waals surface area contributed by atoms with E-state index in [0.29, 0.717) is 23.1 Å². The summed E-state index contributed by atoms with van der Waals surface area (Å²) in [6.45, 7) is 4.08. The van der Waals surface area contributed by atoms with Crippen LogP contribution in [0.25, 0.3) is 0 Å². The van der Waals surface area contributed by atoms with Crippen molar-refractivity contribution >= 4 is 29.4 Å². The summed E-state index contributed by atoms with van der Waals surface area (Å²) in [6.07, 6.45) is 1.51. The van der Waals surface area contributed by atoms with Crippen LogP contribution < -0.4 is 14.8 Å². The number of anilines is 1. The number of hydrogen-bond acceptors (Lipinski definition) is 5. The summed E-state index contributed by atoms with van der Waals surface area (Å²) in [6, 6.07) is 18.7. The van der Waals surface area contributed by atoms with Gasteiger partial charge in [0.05, 0.1) is 13.3 Å². The van der Waals surface area contributed by atoms with Crippen molar-refractivity contribution in [2.45, 2.75) is 20.5 Å². The number of nitrogens with one attached hydrogen (secondary N) is 1. The molecular weight excluding hydrogens is 428 g/mol. The first-order valence-electron chi connectivity index (χ1n) is 10.0. The maximum atomic E-state index is 12.1. The average molecular weight is 453 g/mol. The van der Waals surface area contributed by atoms with E-state index >= 15 is 0 Å². The van der Waals surface area contributed by atoms with Crippen LogP contribution in [0.3, 0.4) is 0 Å². The maximum absolute atomic E-state index is 12.1. The van der Waals surface area contributed by atoms with Crippen molar-refractivity contribution in [2.24, 2.45) is 5.16 Å². The fourth-order valence-electron chi connectivity index (χ4n) is 3.01. The number of amides is 1.